The molecule has 1 amide bonds. The minimum atomic E-state index is -0.161. The van der Waals surface area contributed by atoms with Crippen molar-refractivity contribution in [3.63, 3.8) is 0 Å². The molecule has 0 atom stereocenters. The number of carbonyl (C=O) groups excluding carboxylic acids is 1. The number of imidazole rings is 1. The molecule has 0 spiro atoms. The van der Waals surface area contributed by atoms with E-state index in [2.05, 4.69) is 16.9 Å². The fourth-order valence-corrected chi connectivity index (χ4v) is 2.87. The molecule has 21 heavy (non-hydrogen) atoms. The van der Waals surface area contributed by atoms with Crippen LogP contribution in [-0.2, 0) is 20.0 Å². The lowest BCUT2D eigenvalue weighted by Crippen LogP contribution is -2.34. The van der Waals surface area contributed by atoms with Crippen LogP contribution in [-0.4, -0.2) is 43.6 Å². The molecule has 0 saturated carbocycles. The van der Waals surface area contributed by atoms with Crippen molar-refractivity contribution in [1.29, 1.82) is 0 Å². The maximum atomic E-state index is 12.5. The number of hydrogen-bond acceptors (Lipinski definition) is 5. The number of aryl methyl sites for hydroxylation is 2. The topological polar surface area (TPSA) is 71.2 Å². The molecule has 0 aromatic carbocycles. The average Bonchev–Trinajstić information content (AvgIpc) is 3.08. The molecule has 0 aliphatic heterocycles. The molecule has 0 aliphatic rings. The Labute approximate surface area is 128 Å². The molecule has 2 aromatic heterocycles. The van der Waals surface area contributed by atoms with Gasteiger partial charge in [-0.3, -0.25) is 4.79 Å². The van der Waals surface area contributed by atoms with Gasteiger partial charge in [0.05, 0.1) is 18.2 Å². The van der Waals surface area contributed by atoms with E-state index in [1.807, 2.05) is 17.8 Å². The Morgan fingerprint density at radius 3 is 2.95 bits per heavy atom. The maximum absolute atomic E-state index is 12.5. The van der Waals surface area contributed by atoms with Crippen molar-refractivity contribution < 1.29 is 9.90 Å². The van der Waals surface area contributed by atoms with Gasteiger partial charge < -0.3 is 14.6 Å². The van der Waals surface area contributed by atoms with E-state index in [1.54, 1.807) is 16.5 Å². The van der Waals surface area contributed by atoms with Gasteiger partial charge in [0.1, 0.15) is 11.5 Å². The molecule has 6 nitrogen and oxygen atoms in total. The van der Waals surface area contributed by atoms with Crippen LogP contribution >= 0.6 is 11.3 Å². The summed E-state index contributed by atoms with van der Waals surface area (Å²) in [7, 11) is 1.88. The number of thiazole rings is 1. The Bertz CT molecular complexity index is 593. The monoisotopic (exact) mass is 308 g/mol. The summed E-state index contributed by atoms with van der Waals surface area (Å²) in [5.41, 5.74) is 0.450. The van der Waals surface area contributed by atoms with E-state index >= 15 is 0 Å². The number of nitrogens with zero attached hydrogens (tertiary/aromatic N) is 4. The highest BCUT2D eigenvalue weighted by Gasteiger charge is 2.20. The quantitative estimate of drug-likeness (QED) is 0.840. The lowest BCUT2D eigenvalue weighted by Gasteiger charge is -2.20. The van der Waals surface area contributed by atoms with E-state index in [0.29, 0.717) is 12.2 Å². The van der Waals surface area contributed by atoms with Gasteiger partial charge in [-0.25, -0.2) is 9.97 Å². The second kappa shape index (κ2) is 7.33. The third kappa shape index (κ3) is 3.89. The van der Waals surface area contributed by atoms with Crippen molar-refractivity contribution in [2.24, 2.45) is 7.05 Å². The fraction of sp³-hybridized carbons (Fsp3) is 0.500. The number of hydrogen-bond donors (Lipinski definition) is 1. The number of aliphatic hydroxyl groups excluding tert-OH is 1. The van der Waals surface area contributed by atoms with Crippen LogP contribution in [0, 0.1) is 0 Å². The van der Waals surface area contributed by atoms with Crippen LogP contribution in [0.3, 0.4) is 0 Å². The zero-order valence-corrected chi connectivity index (χ0v) is 13.1. The number of aromatic nitrogens is 3. The molecule has 1 N–H and O–H groups in total. The Kier molecular flexibility index (Phi) is 5.46. The summed E-state index contributed by atoms with van der Waals surface area (Å²) in [5, 5.41) is 11.9. The van der Waals surface area contributed by atoms with Crippen molar-refractivity contribution in [2.45, 2.75) is 26.3 Å². The van der Waals surface area contributed by atoms with Gasteiger partial charge in [-0.1, -0.05) is 6.92 Å². The van der Waals surface area contributed by atoms with Crippen molar-refractivity contribution >= 4 is 17.2 Å². The molecule has 7 heteroatoms. The Balaban J connectivity index is 2.12. The molecule has 114 valence electrons. The van der Waals surface area contributed by atoms with Gasteiger partial charge in [-0.15, -0.1) is 11.3 Å². The van der Waals surface area contributed by atoms with Crippen LogP contribution in [0.2, 0.25) is 0 Å². The highest BCUT2D eigenvalue weighted by Crippen LogP contribution is 2.14. The second-order valence-electron chi connectivity index (χ2n) is 4.78. The van der Waals surface area contributed by atoms with Crippen LogP contribution in [0.1, 0.15) is 34.7 Å². The highest BCUT2D eigenvalue weighted by molar-refractivity contribution is 7.09. The molecule has 0 fully saturated rings. The third-order valence-electron chi connectivity index (χ3n) is 3.15. The standard InChI is InChI=1S/C14H20N4O2S/c1-3-4-13-16-11(10-21-13)14(20)18(7-8-19)9-12-15-5-6-17(12)2/h5-6,10,19H,3-4,7-9H2,1-2H3. The number of aliphatic hydroxyl groups is 1. The van der Waals surface area contributed by atoms with E-state index in [1.165, 1.54) is 11.3 Å². The highest BCUT2D eigenvalue weighted by atomic mass is 32.1. The van der Waals surface area contributed by atoms with Crippen molar-refractivity contribution in [1.82, 2.24) is 19.4 Å². The summed E-state index contributed by atoms with van der Waals surface area (Å²) < 4.78 is 1.86. The smallest absolute Gasteiger partial charge is 0.273 e. The summed E-state index contributed by atoms with van der Waals surface area (Å²) in [6, 6.07) is 0. The Morgan fingerprint density at radius 1 is 1.52 bits per heavy atom. The summed E-state index contributed by atoms with van der Waals surface area (Å²) in [5.74, 6) is 0.617. The van der Waals surface area contributed by atoms with Gasteiger partial charge in [0.15, 0.2) is 0 Å². The van der Waals surface area contributed by atoms with E-state index < -0.39 is 0 Å². The van der Waals surface area contributed by atoms with Gasteiger partial charge in [-0.2, -0.15) is 0 Å². The predicted octanol–water partition coefficient (Wildman–Crippen LogP) is 1.46. The maximum Gasteiger partial charge on any atom is 0.273 e. The Morgan fingerprint density at radius 2 is 2.33 bits per heavy atom. The number of rotatable bonds is 7. The van der Waals surface area contributed by atoms with E-state index in [-0.39, 0.29) is 19.1 Å². The molecular weight excluding hydrogens is 288 g/mol. The fourth-order valence-electron chi connectivity index (χ4n) is 1.99. The molecular formula is C14H20N4O2S. The van der Waals surface area contributed by atoms with Crippen molar-refractivity contribution in [3.05, 3.63) is 34.3 Å². The molecule has 2 heterocycles. The first kappa shape index (κ1) is 15.7. The van der Waals surface area contributed by atoms with Crippen LogP contribution in [0.5, 0.6) is 0 Å². The van der Waals surface area contributed by atoms with Gasteiger partial charge in [0.25, 0.3) is 5.91 Å². The SMILES string of the molecule is CCCc1nc(C(=O)N(CCO)Cc2nccn2C)cs1. The van der Waals surface area contributed by atoms with E-state index in [0.717, 1.165) is 23.7 Å². The van der Waals surface area contributed by atoms with Gasteiger partial charge in [-0.05, 0) is 12.8 Å². The molecule has 0 radical (unpaired) electrons. The van der Waals surface area contributed by atoms with Gasteiger partial charge in [0, 0.05) is 31.4 Å². The lowest BCUT2D eigenvalue weighted by molar-refractivity contribution is 0.0696. The van der Waals surface area contributed by atoms with Gasteiger partial charge >= 0.3 is 0 Å². The third-order valence-corrected chi connectivity index (χ3v) is 4.05. The predicted molar refractivity (Wildman–Crippen MR) is 81.1 cm³/mol. The number of amides is 1. The summed E-state index contributed by atoms with van der Waals surface area (Å²) in [6.45, 7) is 2.64. The largest absolute Gasteiger partial charge is 0.395 e. The van der Waals surface area contributed by atoms with E-state index in [4.69, 9.17) is 0 Å². The van der Waals surface area contributed by atoms with Crippen molar-refractivity contribution in [2.75, 3.05) is 13.2 Å². The van der Waals surface area contributed by atoms with Crippen LogP contribution in [0.25, 0.3) is 0 Å². The molecule has 0 unspecified atom stereocenters. The Hall–Kier alpha value is -1.73. The van der Waals surface area contributed by atoms with Crippen LogP contribution < -0.4 is 0 Å². The zero-order valence-electron chi connectivity index (χ0n) is 12.3. The number of carbonyl (C=O) groups is 1. The molecule has 2 aromatic rings. The van der Waals surface area contributed by atoms with Crippen molar-refractivity contribution in [3.8, 4) is 0 Å². The first-order valence-electron chi connectivity index (χ1n) is 6.96. The zero-order chi connectivity index (χ0) is 15.2. The molecule has 0 aliphatic carbocycles. The summed E-state index contributed by atoms with van der Waals surface area (Å²) in [6.07, 6.45) is 5.42. The van der Waals surface area contributed by atoms with Gasteiger partial charge in [0.2, 0.25) is 0 Å². The minimum Gasteiger partial charge on any atom is -0.395 e. The van der Waals surface area contributed by atoms with E-state index in [9.17, 15) is 9.90 Å². The first-order valence-corrected chi connectivity index (χ1v) is 7.84. The molecule has 0 saturated heterocycles. The summed E-state index contributed by atoms with van der Waals surface area (Å²) >= 11 is 1.51. The van der Waals surface area contributed by atoms with Crippen LogP contribution in [0.4, 0.5) is 0 Å². The second-order valence-corrected chi connectivity index (χ2v) is 5.72. The molecule has 0 bridgehead atoms. The average molecular weight is 308 g/mol. The van der Waals surface area contributed by atoms with Crippen LogP contribution in [0.15, 0.2) is 17.8 Å². The summed E-state index contributed by atoms with van der Waals surface area (Å²) in [4.78, 5) is 22.7. The first-order chi connectivity index (χ1) is 10.2. The lowest BCUT2D eigenvalue weighted by atomic mass is 10.3. The minimum absolute atomic E-state index is 0.0812. The normalized spacial score (nSPS) is 10.8. The molecule has 2 rings (SSSR count).